The molecule has 2 heterocycles. The number of ether oxygens (including phenoxy) is 2. The molecule has 1 aliphatic rings. The second-order valence-electron chi connectivity index (χ2n) is 7.85. The number of hydrogen-bond acceptors (Lipinski definition) is 7. The molecule has 3 N–H and O–H groups in total. The van der Waals surface area contributed by atoms with E-state index in [0.717, 1.165) is 0 Å². The molecular weight excluding hydrogens is 446 g/mol. The van der Waals surface area contributed by atoms with Gasteiger partial charge in [-0.2, -0.15) is 0 Å². The van der Waals surface area contributed by atoms with Crippen molar-refractivity contribution >= 4 is 52.7 Å². The quantitative estimate of drug-likeness (QED) is 0.574. The Labute approximate surface area is 191 Å². The van der Waals surface area contributed by atoms with Crippen LogP contribution in [0.1, 0.15) is 27.2 Å². The van der Waals surface area contributed by atoms with Crippen molar-refractivity contribution in [1.29, 1.82) is 0 Å². The van der Waals surface area contributed by atoms with Gasteiger partial charge in [0, 0.05) is 19.3 Å². The van der Waals surface area contributed by atoms with Gasteiger partial charge in [0.15, 0.2) is 4.99 Å². The smallest absolute Gasteiger partial charge is 0.409 e. The molecule has 0 unspecified atom stereocenters. The fourth-order valence-electron chi connectivity index (χ4n) is 2.88. The van der Waals surface area contributed by atoms with Crippen LogP contribution in [0.4, 0.5) is 15.4 Å². The average molecular weight is 472 g/mol. The fourth-order valence-corrected chi connectivity index (χ4v) is 3.20. The number of piperidine rings is 1. The first-order chi connectivity index (χ1) is 14.5. The number of amides is 3. The van der Waals surface area contributed by atoms with E-state index in [9.17, 15) is 14.4 Å². The summed E-state index contributed by atoms with van der Waals surface area (Å²) in [6, 6.07) is 2.15. The number of alkyl carbamates (subject to hydrolysis) is 1. The zero-order valence-electron chi connectivity index (χ0n) is 17.7. The zero-order chi connectivity index (χ0) is 23.2. The third-order valence-electron chi connectivity index (χ3n) is 4.24. The minimum atomic E-state index is -0.690. The standard InChI is InChI=1S/C19H26ClN5O5S/c1-19(2,3)30-17(27)23-13-10-25(18(28)29-4)8-7-12(13)22-16(31)15(26)24-14-6-5-11(20)9-21-14/h5-6,9,12-13H,7-8,10H2,1-4H3,(H,22,31)(H,23,27)(H,21,24,26)/t12-,13+/m0/s1. The SMILES string of the molecule is COC(=O)N1CC[C@H](NC(=S)C(=O)Nc2ccc(Cl)cn2)[C@H](NC(=O)OC(C)(C)C)C1. The van der Waals surface area contributed by atoms with Gasteiger partial charge in [0.05, 0.1) is 24.2 Å². The molecule has 0 aliphatic carbocycles. The number of anilines is 1. The molecule has 12 heteroatoms. The predicted molar refractivity (Wildman–Crippen MR) is 119 cm³/mol. The largest absolute Gasteiger partial charge is 0.453 e. The van der Waals surface area contributed by atoms with Crippen molar-refractivity contribution in [3.8, 4) is 0 Å². The van der Waals surface area contributed by atoms with Crippen LogP contribution in [0.5, 0.6) is 0 Å². The molecule has 170 valence electrons. The molecule has 1 fully saturated rings. The average Bonchev–Trinajstić information content (AvgIpc) is 2.68. The highest BCUT2D eigenvalue weighted by molar-refractivity contribution is 7.82. The maximum absolute atomic E-state index is 12.4. The number of thiocarbonyl (C=S) groups is 1. The Morgan fingerprint density at radius 3 is 2.52 bits per heavy atom. The normalized spacial score (nSPS) is 18.5. The highest BCUT2D eigenvalue weighted by Gasteiger charge is 2.35. The Bertz CT molecular complexity index is 830. The number of aromatic nitrogens is 1. The lowest BCUT2D eigenvalue weighted by Gasteiger charge is -2.38. The second-order valence-corrected chi connectivity index (χ2v) is 8.70. The summed E-state index contributed by atoms with van der Waals surface area (Å²) in [5.74, 6) is -0.265. The molecule has 0 saturated carbocycles. The summed E-state index contributed by atoms with van der Waals surface area (Å²) in [6.07, 6.45) is 0.666. The van der Waals surface area contributed by atoms with Crippen molar-refractivity contribution < 1.29 is 23.9 Å². The lowest BCUT2D eigenvalue weighted by atomic mass is 9.99. The van der Waals surface area contributed by atoms with Crippen LogP contribution in [0, 0.1) is 0 Å². The molecule has 0 bridgehead atoms. The van der Waals surface area contributed by atoms with Crippen molar-refractivity contribution in [2.24, 2.45) is 0 Å². The van der Waals surface area contributed by atoms with Gasteiger partial charge in [-0.15, -0.1) is 0 Å². The summed E-state index contributed by atoms with van der Waals surface area (Å²) in [4.78, 5) is 42.0. The molecule has 0 aromatic carbocycles. The lowest BCUT2D eigenvalue weighted by molar-refractivity contribution is -0.110. The highest BCUT2D eigenvalue weighted by atomic mass is 35.5. The van der Waals surface area contributed by atoms with E-state index in [1.54, 1.807) is 32.9 Å². The van der Waals surface area contributed by atoms with Gasteiger partial charge < -0.3 is 30.3 Å². The molecular formula is C19H26ClN5O5S. The molecule has 1 saturated heterocycles. The lowest BCUT2D eigenvalue weighted by Crippen LogP contribution is -2.62. The first-order valence-electron chi connectivity index (χ1n) is 9.54. The van der Waals surface area contributed by atoms with Gasteiger partial charge in [-0.25, -0.2) is 14.6 Å². The summed E-state index contributed by atoms with van der Waals surface area (Å²) >= 11 is 11.0. The van der Waals surface area contributed by atoms with Gasteiger partial charge in [0.1, 0.15) is 11.4 Å². The Kier molecular flexibility index (Phi) is 8.40. The monoisotopic (exact) mass is 471 g/mol. The van der Waals surface area contributed by atoms with Gasteiger partial charge in [0.25, 0.3) is 5.91 Å². The zero-order valence-corrected chi connectivity index (χ0v) is 19.3. The molecule has 3 amide bonds. The number of hydrogen-bond donors (Lipinski definition) is 3. The number of nitrogens with zero attached hydrogens (tertiary/aromatic N) is 2. The predicted octanol–water partition coefficient (Wildman–Crippen LogP) is 2.32. The number of rotatable bonds is 3. The van der Waals surface area contributed by atoms with E-state index in [1.807, 2.05) is 0 Å². The van der Waals surface area contributed by atoms with Gasteiger partial charge in [-0.1, -0.05) is 23.8 Å². The molecule has 1 aromatic heterocycles. The number of nitrogens with one attached hydrogen (secondary N) is 3. The number of carbonyl (C=O) groups is 3. The Morgan fingerprint density at radius 2 is 1.94 bits per heavy atom. The van der Waals surface area contributed by atoms with Gasteiger partial charge in [-0.3, -0.25) is 4.79 Å². The summed E-state index contributed by atoms with van der Waals surface area (Å²) in [7, 11) is 1.28. The number of pyridine rings is 1. The van der Waals surface area contributed by atoms with Crippen molar-refractivity contribution in [1.82, 2.24) is 20.5 Å². The van der Waals surface area contributed by atoms with Gasteiger partial charge >= 0.3 is 12.2 Å². The minimum Gasteiger partial charge on any atom is -0.453 e. The van der Waals surface area contributed by atoms with Crippen LogP contribution in [0.15, 0.2) is 18.3 Å². The van der Waals surface area contributed by atoms with Crippen molar-refractivity contribution in [2.75, 3.05) is 25.5 Å². The first-order valence-corrected chi connectivity index (χ1v) is 10.3. The van der Waals surface area contributed by atoms with E-state index < -0.39 is 35.8 Å². The van der Waals surface area contributed by atoms with Gasteiger partial charge in [0.2, 0.25) is 0 Å². The molecule has 1 aliphatic heterocycles. The van der Waals surface area contributed by atoms with E-state index >= 15 is 0 Å². The Hall–Kier alpha value is -2.66. The van der Waals surface area contributed by atoms with E-state index in [2.05, 4.69) is 20.9 Å². The third kappa shape index (κ3) is 7.83. The van der Waals surface area contributed by atoms with Crippen LogP contribution >= 0.6 is 23.8 Å². The van der Waals surface area contributed by atoms with Crippen molar-refractivity contribution in [2.45, 2.75) is 44.9 Å². The Balaban J connectivity index is 2.04. The Morgan fingerprint density at radius 1 is 1.23 bits per heavy atom. The molecule has 2 atom stereocenters. The first kappa shape index (κ1) is 24.6. The van der Waals surface area contributed by atoms with E-state index in [-0.39, 0.29) is 11.5 Å². The molecule has 2 rings (SSSR count). The van der Waals surface area contributed by atoms with E-state index in [0.29, 0.717) is 23.8 Å². The van der Waals surface area contributed by atoms with Crippen molar-refractivity contribution in [3.05, 3.63) is 23.4 Å². The van der Waals surface area contributed by atoms with Crippen LogP contribution < -0.4 is 16.0 Å². The van der Waals surface area contributed by atoms with Crippen LogP contribution in [0.3, 0.4) is 0 Å². The number of likely N-dealkylation sites (tertiary alicyclic amines) is 1. The fraction of sp³-hybridized carbons (Fsp3) is 0.526. The second kappa shape index (κ2) is 10.6. The molecule has 10 nitrogen and oxygen atoms in total. The van der Waals surface area contributed by atoms with Crippen LogP contribution in [0.2, 0.25) is 5.02 Å². The maximum Gasteiger partial charge on any atom is 0.409 e. The van der Waals surface area contributed by atoms with Crippen molar-refractivity contribution in [3.63, 3.8) is 0 Å². The summed E-state index contributed by atoms with van der Waals surface area (Å²) in [6.45, 7) is 5.75. The maximum atomic E-state index is 12.4. The topological polar surface area (TPSA) is 122 Å². The number of halogens is 1. The molecule has 31 heavy (non-hydrogen) atoms. The summed E-state index contributed by atoms with van der Waals surface area (Å²) in [5, 5.41) is 8.72. The molecule has 1 aromatic rings. The number of methoxy groups -OCH3 is 1. The minimum absolute atomic E-state index is 0.0794. The van der Waals surface area contributed by atoms with Crippen LogP contribution in [-0.2, 0) is 14.3 Å². The molecule has 0 radical (unpaired) electrons. The molecule has 0 spiro atoms. The summed E-state index contributed by atoms with van der Waals surface area (Å²) in [5.41, 5.74) is -0.690. The van der Waals surface area contributed by atoms with E-state index in [4.69, 9.17) is 33.3 Å². The highest BCUT2D eigenvalue weighted by Crippen LogP contribution is 2.15. The number of carbonyl (C=O) groups excluding carboxylic acids is 3. The summed E-state index contributed by atoms with van der Waals surface area (Å²) < 4.78 is 10.1. The third-order valence-corrected chi connectivity index (χ3v) is 4.77. The van der Waals surface area contributed by atoms with E-state index in [1.165, 1.54) is 18.2 Å². The van der Waals surface area contributed by atoms with Crippen LogP contribution in [-0.4, -0.2) is 70.9 Å². The van der Waals surface area contributed by atoms with Gasteiger partial charge in [-0.05, 0) is 39.3 Å². The van der Waals surface area contributed by atoms with Crippen LogP contribution in [0.25, 0.3) is 0 Å².